The van der Waals surface area contributed by atoms with E-state index >= 15 is 0 Å². The van der Waals surface area contributed by atoms with Crippen molar-refractivity contribution in [1.82, 2.24) is 0 Å². The third-order valence-electron chi connectivity index (χ3n) is 3.56. The molecule has 1 fully saturated rings. The molecule has 1 aromatic rings. The second-order valence-corrected chi connectivity index (χ2v) is 5.61. The predicted molar refractivity (Wildman–Crippen MR) is 67.4 cm³/mol. The molecule has 19 heavy (non-hydrogen) atoms. The molecule has 1 aliphatic carbocycles. The van der Waals surface area contributed by atoms with E-state index in [0.717, 1.165) is 31.1 Å². The zero-order chi connectivity index (χ0) is 14.1. The number of rotatable bonds is 4. The molecule has 2 nitrogen and oxygen atoms in total. The predicted octanol–water partition coefficient (Wildman–Crippen LogP) is 3.97. The molecule has 1 aromatic carbocycles. The molecule has 0 aliphatic heterocycles. The van der Waals surface area contributed by atoms with E-state index in [1.165, 1.54) is 12.1 Å². The number of halogens is 4. The third-order valence-corrected chi connectivity index (χ3v) is 4.65. The van der Waals surface area contributed by atoms with Crippen LogP contribution in [-0.4, -0.2) is 17.5 Å². The van der Waals surface area contributed by atoms with Crippen LogP contribution in [0, 0.1) is 0 Å². The summed E-state index contributed by atoms with van der Waals surface area (Å²) in [6.45, 7) is 0. The van der Waals surface area contributed by atoms with Gasteiger partial charge in [-0.25, -0.2) is 0 Å². The average Bonchev–Trinajstić information content (AvgIpc) is 2.27. The minimum absolute atomic E-state index is 0.247. The van der Waals surface area contributed by atoms with Gasteiger partial charge in [0.1, 0.15) is 12.0 Å². The van der Waals surface area contributed by atoms with Crippen LogP contribution in [0.4, 0.5) is 13.2 Å². The second kappa shape index (κ2) is 5.15. The lowest BCUT2D eigenvalue weighted by atomic mass is 9.63. The molecule has 0 heterocycles. The van der Waals surface area contributed by atoms with Crippen molar-refractivity contribution in [1.29, 1.82) is 0 Å². The number of ether oxygens (including phenoxy) is 1. The summed E-state index contributed by atoms with van der Waals surface area (Å²) in [6, 6.07) is 5.76. The molecule has 1 saturated carbocycles. The van der Waals surface area contributed by atoms with Gasteiger partial charge in [-0.05, 0) is 30.5 Å². The summed E-state index contributed by atoms with van der Waals surface area (Å²) in [5.41, 5.74) is 0.570. The maximum absolute atomic E-state index is 12.1. The second-order valence-electron chi connectivity index (χ2n) is 4.62. The SMILES string of the molecule is O=CC(Br)C1(c2ccc(OC(F)(F)F)cc2)CCC1. The fourth-order valence-corrected chi connectivity index (χ4v) is 3.12. The van der Waals surface area contributed by atoms with Crippen LogP contribution >= 0.6 is 15.9 Å². The summed E-state index contributed by atoms with van der Waals surface area (Å²) in [5.74, 6) is -0.247. The first-order valence-corrected chi connectivity index (χ1v) is 6.75. The van der Waals surface area contributed by atoms with Crippen molar-refractivity contribution >= 4 is 22.2 Å². The van der Waals surface area contributed by atoms with E-state index < -0.39 is 6.36 Å². The number of hydrogen-bond acceptors (Lipinski definition) is 2. The van der Waals surface area contributed by atoms with Crippen LogP contribution in [0.1, 0.15) is 24.8 Å². The summed E-state index contributed by atoms with van der Waals surface area (Å²) >= 11 is 3.34. The van der Waals surface area contributed by atoms with Gasteiger partial charge in [0.05, 0.1) is 4.83 Å². The lowest BCUT2D eigenvalue weighted by Crippen LogP contribution is -2.43. The molecule has 0 radical (unpaired) electrons. The summed E-state index contributed by atoms with van der Waals surface area (Å²) in [7, 11) is 0. The standard InChI is InChI=1S/C13H12BrF3O2/c14-11(8-18)12(6-1-7-12)9-2-4-10(5-3-9)19-13(15,16)17/h2-5,8,11H,1,6-7H2. The number of carbonyl (C=O) groups excluding carboxylic acids is 1. The highest BCUT2D eigenvalue weighted by Crippen LogP contribution is 2.48. The highest BCUT2D eigenvalue weighted by Gasteiger charge is 2.44. The van der Waals surface area contributed by atoms with Gasteiger partial charge >= 0.3 is 6.36 Å². The number of hydrogen-bond donors (Lipinski definition) is 0. The van der Waals surface area contributed by atoms with Gasteiger partial charge in [-0.3, -0.25) is 0 Å². The Kier molecular flexibility index (Phi) is 3.90. The maximum atomic E-state index is 12.1. The summed E-state index contributed by atoms with van der Waals surface area (Å²) in [4.78, 5) is 10.6. The first kappa shape index (κ1) is 14.4. The summed E-state index contributed by atoms with van der Waals surface area (Å²) < 4.78 is 40.0. The maximum Gasteiger partial charge on any atom is 0.573 e. The van der Waals surface area contributed by atoms with Gasteiger partial charge in [-0.15, -0.1) is 13.2 Å². The van der Waals surface area contributed by atoms with Gasteiger partial charge in [0.25, 0.3) is 0 Å². The van der Waals surface area contributed by atoms with Crippen LogP contribution in [0.5, 0.6) is 5.75 Å². The number of benzene rings is 1. The van der Waals surface area contributed by atoms with Crippen molar-refractivity contribution in [2.75, 3.05) is 0 Å². The van der Waals surface area contributed by atoms with Crippen molar-refractivity contribution in [2.24, 2.45) is 0 Å². The van der Waals surface area contributed by atoms with Crippen molar-refractivity contribution in [3.8, 4) is 5.75 Å². The Bertz CT molecular complexity index is 452. The molecule has 0 saturated heterocycles. The molecule has 0 spiro atoms. The van der Waals surface area contributed by atoms with Gasteiger partial charge in [-0.1, -0.05) is 34.5 Å². The fraction of sp³-hybridized carbons (Fsp3) is 0.462. The largest absolute Gasteiger partial charge is 0.573 e. The van der Waals surface area contributed by atoms with Crippen LogP contribution < -0.4 is 4.74 Å². The highest BCUT2D eigenvalue weighted by molar-refractivity contribution is 9.10. The monoisotopic (exact) mass is 336 g/mol. The van der Waals surface area contributed by atoms with Gasteiger partial charge < -0.3 is 9.53 Å². The van der Waals surface area contributed by atoms with Gasteiger partial charge in [0, 0.05) is 5.41 Å². The summed E-state index contributed by atoms with van der Waals surface area (Å²) in [5, 5.41) is 0. The summed E-state index contributed by atoms with van der Waals surface area (Å²) in [6.07, 6.45) is -1.14. The molecule has 1 unspecified atom stereocenters. The van der Waals surface area contributed by atoms with Crippen molar-refractivity contribution < 1.29 is 22.7 Å². The Hall–Kier alpha value is -1.04. The van der Waals surface area contributed by atoms with Crippen LogP contribution in [0.2, 0.25) is 0 Å². The lowest BCUT2D eigenvalue weighted by Gasteiger charge is -2.44. The van der Waals surface area contributed by atoms with Crippen molar-refractivity contribution in [3.63, 3.8) is 0 Å². The molecule has 2 rings (SSSR count). The van der Waals surface area contributed by atoms with Crippen LogP contribution in [0.3, 0.4) is 0 Å². The molecule has 0 aromatic heterocycles. The van der Waals surface area contributed by atoms with Crippen molar-refractivity contribution in [2.45, 2.75) is 35.9 Å². The number of carbonyl (C=O) groups is 1. The topological polar surface area (TPSA) is 26.3 Å². The average molecular weight is 337 g/mol. The smallest absolute Gasteiger partial charge is 0.406 e. The molecule has 1 aliphatic rings. The molecule has 104 valence electrons. The Labute approximate surface area is 117 Å². The molecular formula is C13H12BrF3O2. The van der Waals surface area contributed by atoms with E-state index in [9.17, 15) is 18.0 Å². The first-order valence-electron chi connectivity index (χ1n) is 5.83. The minimum atomic E-state index is -4.68. The Morgan fingerprint density at radius 2 is 1.84 bits per heavy atom. The lowest BCUT2D eigenvalue weighted by molar-refractivity contribution is -0.274. The van der Waals surface area contributed by atoms with E-state index in [1.807, 2.05) is 0 Å². The zero-order valence-corrected chi connectivity index (χ0v) is 11.5. The van der Waals surface area contributed by atoms with Crippen molar-refractivity contribution in [3.05, 3.63) is 29.8 Å². The molecule has 6 heteroatoms. The molecular weight excluding hydrogens is 325 g/mol. The zero-order valence-electron chi connectivity index (χ0n) is 9.91. The number of alkyl halides is 4. The normalized spacial score (nSPS) is 19.4. The van der Waals surface area contributed by atoms with Crippen LogP contribution in [-0.2, 0) is 10.2 Å². The van der Waals surface area contributed by atoms with Gasteiger partial charge in [0.15, 0.2) is 0 Å². The molecule has 0 N–H and O–H groups in total. The fourth-order valence-electron chi connectivity index (χ4n) is 2.40. The van der Waals surface area contributed by atoms with E-state index in [2.05, 4.69) is 20.7 Å². The Morgan fingerprint density at radius 1 is 1.26 bits per heavy atom. The van der Waals surface area contributed by atoms with Gasteiger partial charge in [0.2, 0.25) is 0 Å². The first-order chi connectivity index (χ1) is 8.87. The third kappa shape index (κ3) is 2.94. The Morgan fingerprint density at radius 3 is 2.21 bits per heavy atom. The minimum Gasteiger partial charge on any atom is -0.406 e. The molecule has 0 amide bonds. The van der Waals surface area contributed by atoms with Crippen LogP contribution in [0.25, 0.3) is 0 Å². The van der Waals surface area contributed by atoms with Crippen LogP contribution in [0.15, 0.2) is 24.3 Å². The van der Waals surface area contributed by atoms with E-state index in [4.69, 9.17) is 0 Å². The Balaban J connectivity index is 2.20. The molecule has 0 bridgehead atoms. The molecule has 1 atom stereocenters. The van der Waals surface area contributed by atoms with Gasteiger partial charge in [-0.2, -0.15) is 0 Å². The quantitative estimate of drug-likeness (QED) is 0.614. The van der Waals surface area contributed by atoms with E-state index in [1.54, 1.807) is 12.1 Å². The highest BCUT2D eigenvalue weighted by atomic mass is 79.9. The van der Waals surface area contributed by atoms with E-state index in [0.29, 0.717) is 0 Å². The van der Waals surface area contributed by atoms with E-state index in [-0.39, 0.29) is 16.0 Å². The number of aldehydes is 1.